The van der Waals surface area contributed by atoms with E-state index >= 15 is 0 Å². The van der Waals surface area contributed by atoms with Crippen molar-refractivity contribution < 1.29 is 18.7 Å². The first-order valence-electron chi connectivity index (χ1n) is 11.3. The highest BCUT2D eigenvalue weighted by Gasteiger charge is 2.34. The first kappa shape index (κ1) is 21.6. The molecule has 1 aromatic heterocycles. The van der Waals surface area contributed by atoms with Crippen molar-refractivity contribution >= 4 is 17.7 Å². The second kappa shape index (κ2) is 7.81. The summed E-state index contributed by atoms with van der Waals surface area (Å²) < 4.78 is 2.74. The summed E-state index contributed by atoms with van der Waals surface area (Å²) in [6, 6.07) is 17.6. The van der Waals surface area contributed by atoms with Crippen LogP contribution in [0, 0.1) is 20.8 Å². The maximum absolute atomic E-state index is 13.3. The van der Waals surface area contributed by atoms with E-state index in [1.807, 2.05) is 39.0 Å². The zero-order valence-electron chi connectivity index (χ0n) is 19.7. The molecule has 0 atom stereocenters. The van der Waals surface area contributed by atoms with E-state index in [0.29, 0.717) is 33.8 Å². The molecule has 3 aromatic carbocycles. The van der Waals surface area contributed by atoms with Crippen LogP contribution in [0.15, 0.2) is 75.8 Å². The molecule has 2 aliphatic heterocycles. The van der Waals surface area contributed by atoms with Crippen LogP contribution < -0.4 is 15.6 Å². The van der Waals surface area contributed by atoms with Crippen molar-refractivity contribution in [1.82, 2.24) is 9.55 Å². The van der Waals surface area contributed by atoms with Gasteiger partial charge in [-0.05, 0) is 56.2 Å². The lowest BCUT2D eigenvalue weighted by Gasteiger charge is -2.12. The molecule has 0 unspecified atom stereocenters. The van der Waals surface area contributed by atoms with Crippen molar-refractivity contribution in [3.05, 3.63) is 105 Å². The first-order chi connectivity index (χ1) is 17.3. The van der Waals surface area contributed by atoms with Gasteiger partial charge in [-0.3, -0.25) is 14.4 Å². The van der Waals surface area contributed by atoms with Crippen LogP contribution in [0.25, 0.3) is 17.1 Å². The molecule has 174 valence electrons. The van der Waals surface area contributed by atoms with Crippen molar-refractivity contribution in [1.29, 1.82) is 0 Å². The maximum Gasteiger partial charge on any atom is 0.386 e. The number of aryl methyl sites for hydroxylation is 3. The molecular formula is C27H19N6O3+. The van der Waals surface area contributed by atoms with Gasteiger partial charge in [-0.1, -0.05) is 66.4 Å². The van der Waals surface area contributed by atoms with Gasteiger partial charge in [0.15, 0.2) is 0 Å². The standard InChI is InChI=1S/C27H19N6O3/c1-14-7-4-10-17(13-14)23(34)29-26-28-22-20-15(2)8-5-11-18(20)24(35)30-27-32(22)21-16(3)9-6-12-19(21)25(36)31-33(26)27/h4-13H,1-3H3/q+1. The van der Waals surface area contributed by atoms with Crippen LogP contribution in [-0.2, 0) is 0 Å². The molecule has 0 N–H and O–H groups in total. The van der Waals surface area contributed by atoms with E-state index in [1.54, 1.807) is 47.0 Å². The fourth-order valence-electron chi connectivity index (χ4n) is 4.60. The number of hydrogen-bond acceptors (Lipinski definition) is 4. The number of rotatable bonds is 1. The first-order valence-corrected chi connectivity index (χ1v) is 11.3. The lowest BCUT2D eigenvalue weighted by Crippen LogP contribution is -2.57. The number of para-hydroxylation sites is 1. The highest BCUT2D eigenvalue weighted by molar-refractivity contribution is 6.03. The number of nitrogens with zero attached hydrogens (tertiary/aromatic N) is 6. The molecule has 0 saturated carbocycles. The number of carbonyl (C=O) groups is 3. The van der Waals surface area contributed by atoms with Crippen LogP contribution in [0.4, 0.5) is 0 Å². The van der Waals surface area contributed by atoms with E-state index in [1.165, 1.54) is 0 Å². The zero-order valence-corrected chi connectivity index (χ0v) is 19.7. The molecule has 0 aliphatic carbocycles. The molecule has 9 heteroatoms. The second-order valence-electron chi connectivity index (χ2n) is 8.76. The Balaban J connectivity index is 1.82. The van der Waals surface area contributed by atoms with Gasteiger partial charge in [0.1, 0.15) is 5.69 Å². The lowest BCUT2D eigenvalue weighted by molar-refractivity contribution is -0.586. The fraction of sp³-hybridized carbons (Fsp3) is 0.111. The minimum absolute atomic E-state index is 0.0396. The Morgan fingerprint density at radius 3 is 2.39 bits per heavy atom. The zero-order chi connectivity index (χ0) is 25.1. The monoisotopic (exact) mass is 475 g/mol. The number of hydrogen-bond donors (Lipinski definition) is 0. The predicted octanol–water partition coefficient (Wildman–Crippen LogP) is 2.45. The predicted molar refractivity (Wildman–Crippen MR) is 127 cm³/mol. The van der Waals surface area contributed by atoms with E-state index < -0.39 is 17.7 Å². The molecule has 6 rings (SSSR count). The van der Waals surface area contributed by atoms with Gasteiger partial charge in [-0.15, -0.1) is 0 Å². The van der Waals surface area contributed by atoms with Crippen LogP contribution >= 0.6 is 0 Å². The number of fused-ring (bicyclic) bond motifs is 3. The van der Waals surface area contributed by atoms with Gasteiger partial charge < -0.3 is 0 Å². The van der Waals surface area contributed by atoms with Crippen molar-refractivity contribution in [2.24, 2.45) is 15.1 Å². The molecule has 4 aromatic rings. The third-order valence-electron chi connectivity index (χ3n) is 6.27. The Morgan fingerprint density at radius 2 is 1.61 bits per heavy atom. The van der Waals surface area contributed by atoms with Crippen molar-refractivity contribution in [3.8, 4) is 17.1 Å². The summed E-state index contributed by atoms with van der Waals surface area (Å²) in [6.07, 6.45) is 0. The summed E-state index contributed by atoms with van der Waals surface area (Å²) in [5.41, 5.74) is 4.50. The number of benzene rings is 3. The van der Waals surface area contributed by atoms with Gasteiger partial charge in [0, 0.05) is 0 Å². The van der Waals surface area contributed by atoms with E-state index in [2.05, 4.69) is 15.1 Å². The number of amides is 3. The summed E-state index contributed by atoms with van der Waals surface area (Å²) in [7, 11) is 0. The SMILES string of the molecule is Cc1cccc(C(=O)N=c2nc3n4c([n+]2=NC(=O)c2cccc(C)c2-4)=NC(=O)c2cccc(C)c2-3)c1. The van der Waals surface area contributed by atoms with Gasteiger partial charge in [0.25, 0.3) is 0 Å². The van der Waals surface area contributed by atoms with Crippen molar-refractivity contribution in [3.63, 3.8) is 0 Å². The lowest BCUT2D eigenvalue weighted by atomic mass is 10.00. The largest absolute Gasteiger partial charge is 0.386 e. The Labute approximate surface area is 204 Å². The molecule has 3 heterocycles. The summed E-state index contributed by atoms with van der Waals surface area (Å²) in [5, 5.41) is 4.19. The minimum Gasteiger partial charge on any atom is -0.264 e. The molecule has 0 radical (unpaired) electrons. The molecule has 0 spiro atoms. The van der Waals surface area contributed by atoms with Gasteiger partial charge in [0.2, 0.25) is 5.82 Å². The fourth-order valence-corrected chi connectivity index (χ4v) is 4.60. The molecule has 9 nitrogen and oxygen atoms in total. The highest BCUT2D eigenvalue weighted by atomic mass is 16.2. The molecule has 0 fully saturated rings. The summed E-state index contributed by atoms with van der Waals surface area (Å²) in [5.74, 6) is -1.27. The summed E-state index contributed by atoms with van der Waals surface area (Å²) in [4.78, 5) is 53.0. The number of carbonyl (C=O) groups excluding carboxylic acids is 3. The van der Waals surface area contributed by atoms with E-state index in [9.17, 15) is 14.4 Å². The molecule has 36 heavy (non-hydrogen) atoms. The van der Waals surface area contributed by atoms with Gasteiger partial charge in [-0.2, -0.15) is 0 Å². The third kappa shape index (κ3) is 3.17. The van der Waals surface area contributed by atoms with Crippen LogP contribution in [-0.4, -0.2) is 27.3 Å². The van der Waals surface area contributed by atoms with Gasteiger partial charge >= 0.3 is 29.0 Å². The van der Waals surface area contributed by atoms with Crippen LogP contribution in [0.5, 0.6) is 0 Å². The van der Waals surface area contributed by atoms with Crippen LogP contribution in [0.1, 0.15) is 47.8 Å². The molecule has 3 amide bonds. The van der Waals surface area contributed by atoms with Gasteiger partial charge in [-0.25, -0.2) is 4.57 Å². The van der Waals surface area contributed by atoms with Gasteiger partial charge in [0.05, 0.1) is 22.3 Å². The van der Waals surface area contributed by atoms with E-state index in [4.69, 9.17) is 4.98 Å². The van der Waals surface area contributed by atoms with Crippen molar-refractivity contribution in [2.75, 3.05) is 0 Å². The average molecular weight is 475 g/mol. The van der Waals surface area contributed by atoms with Crippen LogP contribution in [0.3, 0.4) is 0 Å². The quantitative estimate of drug-likeness (QED) is 0.394. The Morgan fingerprint density at radius 1 is 0.889 bits per heavy atom. The molecule has 0 saturated heterocycles. The Bertz CT molecular complexity index is 1880. The highest BCUT2D eigenvalue weighted by Crippen LogP contribution is 2.30. The van der Waals surface area contributed by atoms with E-state index in [-0.39, 0.29) is 11.2 Å². The topological polar surface area (TPSA) is 112 Å². The third-order valence-corrected chi connectivity index (χ3v) is 6.27. The van der Waals surface area contributed by atoms with E-state index in [0.717, 1.165) is 21.1 Å². The normalized spacial score (nSPS) is 13.7. The second-order valence-corrected chi connectivity index (χ2v) is 8.76. The minimum atomic E-state index is -0.561. The summed E-state index contributed by atoms with van der Waals surface area (Å²) in [6.45, 7) is 5.60. The average Bonchev–Trinajstić information content (AvgIpc) is 3.00. The molecule has 4 bridgehead atoms. The van der Waals surface area contributed by atoms with Crippen LogP contribution in [0.2, 0.25) is 0 Å². The Hall–Kier alpha value is -4.92. The number of aromatic nitrogens is 3. The molecule has 2 aliphatic rings. The maximum atomic E-state index is 13.3. The van der Waals surface area contributed by atoms with Crippen molar-refractivity contribution in [2.45, 2.75) is 20.8 Å². The molecular weight excluding hydrogens is 456 g/mol. The summed E-state index contributed by atoms with van der Waals surface area (Å²) >= 11 is 0. The smallest absolute Gasteiger partial charge is 0.264 e. The Kier molecular flexibility index (Phi) is 4.68.